The summed E-state index contributed by atoms with van der Waals surface area (Å²) in [5, 5.41) is 0. The van der Waals surface area contributed by atoms with Crippen LogP contribution < -0.4 is 4.90 Å². The fourth-order valence-electron chi connectivity index (χ4n) is 4.32. The third kappa shape index (κ3) is 14.9. The maximum absolute atomic E-state index is 2.42. The lowest BCUT2D eigenvalue weighted by atomic mass is 10.0. The lowest BCUT2D eigenvalue weighted by Gasteiger charge is -2.19. The lowest BCUT2D eigenvalue weighted by Crippen LogP contribution is -2.18. The summed E-state index contributed by atoms with van der Waals surface area (Å²) < 4.78 is 0. The topological polar surface area (TPSA) is 3.24 Å². The van der Waals surface area contributed by atoms with Crippen LogP contribution >= 0.6 is 0 Å². The summed E-state index contributed by atoms with van der Waals surface area (Å²) >= 11 is 0. The van der Waals surface area contributed by atoms with Gasteiger partial charge in [-0.1, -0.05) is 129 Å². The first kappa shape index (κ1) is 27.1. The van der Waals surface area contributed by atoms with Crippen molar-refractivity contribution in [3.63, 3.8) is 0 Å². The summed E-state index contributed by atoms with van der Waals surface area (Å²) in [6.07, 6.45) is 26.8. The van der Waals surface area contributed by atoms with Gasteiger partial charge in [0, 0.05) is 19.3 Å². The van der Waals surface area contributed by atoms with Crippen LogP contribution in [-0.2, 0) is 6.42 Å². The van der Waals surface area contributed by atoms with Gasteiger partial charge in [-0.15, -0.1) is 0 Å². The summed E-state index contributed by atoms with van der Waals surface area (Å²) in [6, 6.07) is 9.24. The summed E-state index contributed by atoms with van der Waals surface area (Å²) in [7, 11) is 2.24. The van der Waals surface area contributed by atoms with E-state index in [1.807, 2.05) is 0 Å². The summed E-state index contributed by atoms with van der Waals surface area (Å²) in [5.74, 6) is 0. The van der Waals surface area contributed by atoms with E-state index < -0.39 is 0 Å². The molecule has 0 saturated heterocycles. The molecule has 0 unspecified atom stereocenters. The van der Waals surface area contributed by atoms with Gasteiger partial charge in [0.2, 0.25) is 0 Å². The van der Waals surface area contributed by atoms with Crippen molar-refractivity contribution in [2.24, 2.45) is 0 Å². The molecule has 1 heteroatoms. The minimum absolute atomic E-state index is 1.19. The van der Waals surface area contributed by atoms with E-state index in [2.05, 4.69) is 50.1 Å². The van der Waals surface area contributed by atoms with E-state index in [1.54, 1.807) is 0 Å². The average molecular weight is 416 g/mol. The van der Waals surface area contributed by atoms with Crippen molar-refractivity contribution < 1.29 is 0 Å². The zero-order valence-electron chi connectivity index (χ0n) is 20.9. The Balaban J connectivity index is 1.87. The Morgan fingerprint density at radius 2 is 0.900 bits per heavy atom. The van der Waals surface area contributed by atoms with Gasteiger partial charge in [0.25, 0.3) is 0 Å². The van der Waals surface area contributed by atoms with Crippen LogP contribution in [0.4, 0.5) is 5.69 Å². The number of hydrogen-bond donors (Lipinski definition) is 0. The third-order valence-corrected chi connectivity index (χ3v) is 6.54. The van der Waals surface area contributed by atoms with E-state index in [4.69, 9.17) is 0 Å². The SMILES string of the molecule is CCCCCCCCCCCCCCCCCCN(C)c1ccc(CCCC)cc1. The highest BCUT2D eigenvalue weighted by Gasteiger charge is 2.01. The van der Waals surface area contributed by atoms with Crippen LogP contribution in [0.15, 0.2) is 24.3 Å². The second-order valence-electron chi connectivity index (χ2n) is 9.49. The molecule has 0 aliphatic carbocycles. The van der Waals surface area contributed by atoms with E-state index in [-0.39, 0.29) is 0 Å². The molecule has 1 aromatic carbocycles. The Bertz CT molecular complexity index is 464. The smallest absolute Gasteiger partial charge is 0.0363 e. The minimum Gasteiger partial charge on any atom is -0.375 e. The monoisotopic (exact) mass is 415 g/mol. The highest BCUT2D eigenvalue weighted by atomic mass is 15.1. The molecule has 0 radical (unpaired) electrons. The summed E-state index contributed by atoms with van der Waals surface area (Å²) in [4.78, 5) is 2.42. The fraction of sp³-hybridized carbons (Fsp3) is 0.793. The molecule has 0 aliphatic rings. The molecule has 0 aliphatic heterocycles. The molecule has 0 N–H and O–H groups in total. The Kier molecular flexibility index (Phi) is 18.0. The largest absolute Gasteiger partial charge is 0.375 e. The van der Waals surface area contributed by atoms with Crippen molar-refractivity contribution >= 4 is 5.69 Å². The van der Waals surface area contributed by atoms with Crippen molar-refractivity contribution in [1.82, 2.24) is 0 Å². The van der Waals surface area contributed by atoms with E-state index in [1.165, 1.54) is 140 Å². The van der Waals surface area contributed by atoms with Gasteiger partial charge in [-0.05, 0) is 37.0 Å². The molecule has 0 aromatic heterocycles. The van der Waals surface area contributed by atoms with Crippen molar-refractivity contribution in [3.05, 3.63) is 29.8 Å². The maximum atomic E-state index is 2.42. The predicted molar refractivity (Wildman–Crippen MR) is 138 cm³/mol. The van der Waals surface area contributed by atoms with Gasteiger partial charge in [-0.2, -0.15) is 0 Å². The number of unbranched alkanes of at least 4 members (excludes halogenated alkanes) is 16. The molecule has 1 aromatic rings. The number of anilines is 1. The van der Waals surface area contributed by atoms with Crippen molar-refractivity contribution in [2.75, 3.05) is 18.5 Å². The van der Waals surface area contributed by atoms with Crippen molar-refractivity contribution in [1.29, 1.82) is 0 Å². The summed E-state index contributed by atoms with van der Waals surface area (Å²) in [6.45, 7) is 5.75. The molecule has 30 heavy (non-hydrogen) atoms. The number of hydrogen-bond acceptors (Lipinski definition) is 1. The normalized spacial score (nSPS) is 11.2. The van der Waals surface area contributed by atoms with E-state index >= 15 is 0 Å². The molecule has 1 nitrogen and oxygen atoms in total. The first-order valence-corrected chi connectivity index (χ1v) is 13.6. The van der Waals surface area contributed by atoms with Crippen LogP contribution in [-0.4, -0.2) is 13.6 Å². The van der Waals surface area contributed by atoms with Crippen LogP contribution in [0, 0.1) is 0 Å². The van der Waals surface area contributed by atoms with Gasteiger partial charge in [0.05, 0.1) is 0 Å². The molecule has 174 valence electrons. The molecule has 0 atom stereocenters. The molecule has 1 rings (SSSR count). The Labute approximate surface area is 190 Å². The van der Waals surface area contributed by atoms with Gasteiger partial charge in [-0.25, -0.2) is 0 Å². The molecule has 0 heterocycles. The first-order chi connectivity index (χ1) is 14.8. The highest BCUT2D eigenvalue weighted by Crippen LogP contribution is 2.17. The number of benzene rings is 1. The first-order valence-electron chi connectivity index (χ1n) is 13.6. The van der Waals surface area contributed by atoms with Gasteiger partial charge in [0.15, 0.2) is 0 Å². The predicted octanol–water partition coefficient (Wildman–Crippen LogP) is 9.73. The van der Waals surface area contributed by atoms with Crippen LogP contribution in [0.5, 0.6) is 0 Å². The average Bonchev–Trinajstić information content (AvgIpc) is 2.77. The molecule has 0 saturated carbocycles. The second-order valence-corrected chi connectivity index (χ2v) is 9.49. The van der Waals surface area contributed by atoms with Gasteiger partial charge in [0.1, 0.15) is 0 Å². The molecule has 0 fully saturated rings. The van der Waals surface area contributed by atoms with Crippen molar-refractivity contribution in [3.8, 4) is 0 Å². The van der Waals surface area contributed by atoms with Crippen LogP contribution in [0.2, 0.25) is 0 Å². The molecule has 0 spiro atoms. The van der Waals surface area contributed by atoms with Gasteiger partial charge in [-0.3, -0.25) is 0 Å². The van der Waals surface area contributed by atoms with Gasteiger partial charge < -0.3 is 4.90 Å². The second kappa shape index (κ2) is 20.0. The van der Waals surface area contributed by atoms with Crippen LogP contribution in [0.1, 0.15) is 135 Å². The highest BCUT2D eigenvalue weighted by molar-refractivity contribution is 5.46. The number of rotatable bonds is 21. The molecular weight excluding hydrogens is 362 g/mol. The fourth-order valence-corrected chi connectivity index (χ4v) is 4.32. The van der Waals surface area contributed by atoms with Crippen LogP contribution in [0.3, 0.4) is 0 Å². The zero-order chi connectivity index (χ0) is 21.7. The van der Waals surface area contributed by atoms with Gasteiger partial charge >= 0.3 is 0 Å². The Morgan fingerprint density at radius 3 is 1.33 bits per heavy atom. The maximum Gasteiger partial charge on any atom is 0.0363 e. The number of nitrogens with zero attached hydrogens (tertiary/aromatic N) is 1. The van der Waals surface area contributed by atoms with Crippen LogP contribution in [0.25, 0.3) is 0 Å². The quantitative estimate of drug-likeness (QED) is 0.181. The van der Waals surface area contributed by atoms with E-state index in [9.17, 15) is 0 Å². The number of aryl methyl sites for hydroxylation is 1. The van der Waals surface area contributed by atoms with E-state index in [0.29, 0.717) is 0 Å². The Morgan fingerprint density at radius 1 is 0.500 bits per heavy atom. The Hall–Kier alpha value is -0.980. The molecular formula is C29H53N. The minimum atomic E-state index is 1.19. The van der Waals surface area contributed by atoms with E-state index in [0.717, 1.165) is 0 Å². The zero-order valence-corrected chi connectivity index (χ0v) is 20.9. The molecule has 0 amide bonds. The lowest BCUT2D eigenvalue weighted by molar-refractivity contribution is 0.529. The van der Waals surface area contributed by atoms with Crippen molar-refractivity contribution in [2.45, 2.75) is 136 Å². The summed E-state index contributed by atoms with van der Waals surface area (Å²) in [5.41, 5.74) is 2.85. The molecule has 0 bridgehead atoms. The standard InChI is InChI=1S/C29H53N/c1-4-6-8-9-10-11-12-13-14-15-16-17-18-19-20-21-27-30(3)29-25-23-28(24-26-29)22-7-5-2/h23-26H,4-22,27H2,1-3H3. The third-order valence-electron chi connectivity index (χ3n) is 6.54.